The Morgan fingerprint density at radius 1 is 1.35 bits per heavy atom. The van der Waals surface area contributed by atoms with Crippen LogP contribution in [0.5, 0.6) is 11.5 Å². The Balaban J connectivity index is 2.85. The van der Waals surface area contributed by atoms with E-state index in [9.17, 15) is 14.7 Å². The molecular weight excluding hydrogens is 266 g/mol. The average Bonchev–Trinajstić information content (AvgIpc) is 2.43. The number of carboxylic acids is 1. The molecule has 0 spiro atoms. The second-order valence-electron chi connectivity index (χ2n) is 4.03. The van der Waals surface area contributed by atoms with Gasteiger partial charge in [0.2, 0.25) is 0 Å². The van der Waals surface area contributed by atoms with Gasteiger partial charge in [0.25, 0.3) is 5.91 Å². The SMILES string of the molecule is COCCC(NC(=O)c1cc(OC)ccc1O)C(=O)O. The van der Waals surface area contributed by atoms with Gasteiger partial charge in [0.15, 0.2) is 0 Å². The Labute approximate surface area is 116 Å². The number of carbonyl (C=O) groups is 2. The minimum atomic E-state index is -1.17. The quantitative estimate of drug-likeness (QED) is 0.677. The van der Waals surface area contributed by atoms with Gasteiger partial charge in [-0.15, -0.1) is 0 Å². The van der Waals surface area contributed by atoms with Crippen LogP contribution in [0, 0.1) is 0 Å². The van der Waals surface area contributed by atoms with Crippen LogP contribution in [0.15, 0.2) is 18.2 Å². The maximum absolute atomic E-state index is 12.0. The van der Waals surface area contributed by atoms with Gasteiger partial charge in [-0.2, -0.15) is 0 Å². The summed E-state index contributed by atoms with van der Waals surface area (Å²) in [5.41, 5.74) is -0.0481. The molecule has 3 N–H and O–H groups in total. The van der Waals surface area contributed by atoms with Crippen molar-refractivity contribution in [1.29, 1.82) is 0 Å². The average molecular weight is 283 g/mol. The molecule has 0 bridgehead atoms. The molecule has 7 nitrogen and oxygen atoms in total. The topological polar surface area (TPSA) is 105 Å². The normalized spacial score (nSPS) is 11.7. The summed E-state index contributed by atoms with van der Waals surface area (Å²) in [7, 11) is 2.86. The van der Waals surface area contributed by atoms with E-state index in [4.69, 9.17) is 14.6 Å². The van der Waals surface area contributed by atoms with Crippen molar-refractivity contribution in [2.45, 2.75) is 12.5 Å². The summed E-state index contributed by atoms with van der Waals surface area (Å²) in [4.78, 5) is 23.0. The van der Waals surface area contributed by atoms with Crippen molar-refractivity contribution < 1.29 is 29.3 Å². The minimum absolute atomic E-state index is 0.0481. The second kappa shape index (κ2) is 7.34. The third kappa shape index (κ3) is 4.13. The fourth-order valence-corrected chi connectivity index (χ4v) is 1.55. The standard InChI is InChI=1S/C13H17NO6/c1-19-6-5-10(13(17)18)14-12(16)9-7-8(20-2)3-4-11(9)15/h3-4,7,10,15H,5-6H2,1-2H3,(H,14,16)(H,17,18). The summed E-state index contributed by atoms with van der Waals surface area (Å²) in [5.74, 6) is -1.72. The second-order valence-corrected chi connectivity index (χ2v) is 4.03. The van der Waals surface area contributed by atoms with E-state index in [1.54, 1.807) is 0 Å². The van der Waals surface area contributed by atoms with Crippen molar-refractivity contribution in [1.82, 2.24) is 5.32 Å². The largest absolute Gasteiger partial charge is 0.507 e. The van der Waals surface area contributed by atoms with Crippen molar-refractivity contribution in [2.75, 3.05) is 20.8 Å². The molecule has 1 unspecified atom stereocenters. The molecule has 0 aliphatic rings. The zero-order valence-electron chi connectivity index (χ0n) is 11.3. The first-order valence-electron chi connectivity index (χ1n) is 5.89. The van der Waals surface area contributed by atoms with E-state index in [0.29, 0.717) is 5.75 Å². The molecule has 0 aliphatic heterocycles. The summed E-state index contributed by atoms with van der Waals surface area (Å²) in [6, 6.07) is 3.04. The number of nitrogens with one attached hydrogen (secondary N) is 1. The van der Waals surface area contributed by atoms with Gasteiger partial charge in [0.1, 0.15) is 17.5 Å². The molecule has 0 saturated heterocycles. The third-order valence-electron chi connectivity index (χ3n) is 2.66. The van der Waals surface area contributed by atoms with Gasteiger partial charge in [0, 0.05) is 20.1 Å². The number of rotatable bonds is 7. The number of hydrogen-bond donors (Lipinski definition) is 3. The fraction of sp³-hybridized carbons (Fsp3) is 0.385. The highest BCUT2D eigenvalue weighted by Gasteiger charge is 2.22. The van der Waals surface area contributed by atoms with Crippen molar-refractivity contribution in [3.63, 3.8) is 0 Å². The van der Waals surface area contributed by atoms with Gasteiger partial charge in [-0.05, 0) is 18.2 Å². The number of aliphatic carboxylic acids is 1. The number of carboxylic acid groups (broad SMARTS) is 1. The Morgan fingerprint density at radius 2 is 2.05 bits per heavy atom. The van der Waals surface area contributed by atoms with E-state index in [1.807, 2.05) is 0 Å². The van der Waals surface area contributed by atoms with Crippen molar-refractivity contribution >= 4 is 11.9 Å². The lowest BCUT2D eigenvalue weighted by Crippen LogP contribution is -2.41. The maximum Gasteiger partial charge on any atom is 0.326 e. The number of amides is 1. The summed E-state index contributed by atoms with van der Waals surface area (Å²) < 4.78 is 9.74. The van der Waals surface area contributed by atoms with Crippen molar-refractivity contribution in [2.24, 2.45) is 0 Å². The Kier molecular flexibility index (Phi) is 5.79. The predicted octanol–water partition coefficient (Wildman–Crippen LogP) is 0.620. The summed E-state index contributed by atoms with van der Waals surface area (Å²) in [6.45, 7) is 0.196. The van der Waals surface area contributed by atoms with Crippen LogP contribution >= 0.6 is 0 Å². The number of carbonyl (C=O) groups excluding carboxylic acids is 1. The van der Waals surface area contributed by atoms with Crippen LogP contribution < -0.4 is 10.1 Å². The van der Waals surface area contributed by atoms with E-state index in [2.05, 4.69) is 5.32 Å². The molecule has 0 fully saturated rings. The number of methoxy groups -OCH3 is 2. The van der Waals surface area contributed by atoms with Gasteiger partial charge in [-0.1, -0.05) is 0 Å². The molecule has 0 heterocycles. The smallest absolute Gasteiger partial charge is 0.326 e. The lowest BCUT2D eigenvalue weighted by Gasteiger charge is -2.15. The Bertz CT molecular complexity index is 488. The number of ether oxygens (including phenoxy) is 2. The fourth-order valence-electron chi connectivity index (χ4n) is 1.55. The van der Waals surface area contributed by atoms with Crippen LogP contribution in [-0.2, 0) is 9.53 Å². The molecule has 0 saturated carbocycles. The van der Waals surface area contributed by atoms with Crippen LogP contribution in [0.1, 0.15) is 16.8 Å². The molecule has 1 aromatic carbocycles. The van der Waals surface area contributed by atoms with Crippen LogP contribution in [-0.4, -0.2) is 49.0 Å². The predicted molar refractivity (Wildman–Crippen MR) is 70.0 cm³/mol. The molecular formula is C13H17NO6. The summed E-state index contributed by atoms with van der Waals surface area (Å²) in [6.07, 6.45) is 0.127. The number of benzene rings is 1. The molecule has 1 atom stereocenters. The molecule has 7 heteroatoms. The van der Waals surface area contributed by atoms with Gasteiger partial charge in [-0.25, -0.2) is 4.79 Å². The zero-order valence-corrected chi connectivity index (χ0v) is 11.3. The lowest BCUT2D eigenvalue weighted by molar-refractivity contribution is -0.139. The molecule has 0 aromatic heterocycles. The van der Waals surface area contributed by atoms with Crippen molar-refractivity contribution in [3.05, 3.63) is 23.8 Å². The summed E-state index contributed by atoms with van der Waals surface area (Å²) >= 11 is 0. The van der Waals surface area contributed by atoms with Crippen LogP contribution in [0.25, 0.3) is 0 Å². The number of phenolic OH excluding ortho intramolecular Hbond substituents is 1. The van der Waals surface area contributed by atoms with E-state index in [1.165, 1.54) is 32.4 Å². The van der Waals surface area contributed by atoms with Crippen molar-refractivity contribution in [3.8, 4) is 11.5 Å². The minimum Gasteiger partial charge on any atom is -0.507 e. The van der Waals surface area contributed by atoms with Gasteiger partial charge in [-0.3, -0.25) is 4.79 Å². The van der Waals surface area contributed by atoms with E-state index in [0.717, 1.165) is 0 Å². The molecule has 1 aromatic rings. The van der Waals surface area contributed by atoms with E-state index >= 15 is 0 Å². The van der Waals surface area contributed by atoms with E-state index in [-0.39, 0.29) is 24.3 Å². The molecule has 0 radical (unpaired) electrons. The number of phenols is 1. The highest BCUT2D eigenvalue weighted by molar-refractivity contribution is 5.99. The summed E-state index contributed by atoms with van der Waals surface area (Å²) in [5, 5.41) is 21.0. The van der Waals surface area contributed by atoms with Gasteiger partial charge < -0.3 is 25.0 Å². The first-order valence-corrected chi connectivity index (χ1v) is 5.89. The van der Waals surface area contributed by atoms with Crippen LogP contribution in [0.4, 0.5) is 0 Å². The zero-order chi connectivity index (χ0) is 15.1. The molecule has 110 valence electrons. The maximum atomic E-state index is 12.0. The number of hydrogen-bond acceptors (Lipinski definition) is 5. The lowest BCUT2D eigenvalue weighted by atomic mass is 10.1. The van der Waals surface area contributed by atoms with Crippen LogP contribution in [0.2, 0.25) is 0 Å². The molecule has 20 heavy (non-hydrogen) atoms. The Morgan fingerprint density at radius 3 is 2.60 bits per heavy atom. The number of aromatic hydroxyl groups is 1. The first-order chi connectivity index (χ1) is 9.49. The molecule has 1 rings (SSSR count). The highest BCUT2D eigenvalue weighted by atomic mass is 16.5. The monoisotopic (exact) mass is 283 g/mol. The van der Waals surface area contributed by atoms with Gasteiger partial charge in [0.05, 0.1) is 12.7 Å². The van der Waals surface area contributed by atoms with Crippen LogP contribution in [0.3, 0.4) is 0 Å². The Hall–Kier alpha value is -2.28. The molecule has 0 aliphatic carbocycles. The molecule has 1 amide bonds. The third-order valence-corrected chi connectivity index (χ3v) is 2.66. The first kappa shape index (κ1) is 15.8. The highest BCUT2D eigenvalue weighted by Crippen LogP contribution is 2.22. The van der Waals surface area contributed by atoms with Gasteiger partial charge >= 0.3 is 5.97 Å². The van der Waals surface area contributed by atoms with E-state index < -0.39 is 17.9 Å².